The summed E-state index contributed by atoms with van der Waals surface area (Å²) in [6.45, 7) is 7.60. The van der Waals surface area contributed by atoms with E-state index in [2.05, 4.69) is 40.4 Å². The number of amides is 4. The van der Waals surface area contributed by atoms with Crippen molar-refractivity contribution in [3.8, 4) is 0 Å². The van der Waals surface area contributed by atoms with Crippen molar-refractivity contribution in [1.82, 2.24) is 31.1 Å². The van der Waals surface area contributed by atoms with Gasteiger partial charge in [0.05, 0.1) is 4.99 Å². The van der Waals surface area contributed by atoms with Gasteiger partial charge in [0, 0.05) is 89.2 Å². The summed E-state index contributed by atoms with van der Waals surface area (Å²) in [4.78, 5) is 48.0. The first-order valence-corrected chi connectivity index (χ1v) is 20.0. The second-order valence-corrected chi connectivity index (χ2v) is 14.2. The molecular formula is C37H63N9O7S2. The molecule has 0 spiro atoms. The summed E-state index contributed by atoms with van der Waals surface area (Å²) in [5.41, 5.74) is 1.80. The molecular weight excluding hydrogens is 747 g/mol. The number of hydrogen-bond acceptors (Lipinski definition) is 10. The number of hydrogen-bond donors (Lipinski definition) is 9. The fourth-order valence-corrected chi connectivity index (χ4v) is 5.42. The maximum Gasteiger partial charge on any atom is 0.246 e. The van der Waals surface area contributed by atoms with Gasteiger partial charge in [0.15, 0.2) is 5.11 Å². The molecule has 0 saturated carbocycles. The van der Waals surface area contributed by atoms with Crippen LogP contribution in [0.1, 0.15) is 111 Å². The van der Waals surface area contributed by atoms with Crippen LogP contribution in [0.25, 0.3) is 0 Å². The number of carbonyl (C=O) groups excluding carboxylic acids is 4. The molecule has 310 valence electrons. The van der Waals surface area contributed by atoms with E-state index in [0.29, 0.717) is 85.7 Å². The van der Waals surface area contributed by atoms with Gasteiger partial charge in [-0.25, -0.2) is 15.2 Å². The van der Waals surface area contributed by atoms with E-state index < -0.39 is 11.8 Å². The zero-order chi connectivity index (χ0) is 41.0. The quantitative estimate of drug-likeness (QED) is 0.0133. The lowest BCUT2D eigenvalue weighted by molar-refractivity contribution is -0.166. The summed E-state index contributed by atoms with van der Waals surface area (Å²) >= 11 is 10.8. The number of thiocarbonyl (C=S) groups is 2. The summed E-state index contributed by atoms with van der Waals surface area (Å²) in [5, 5.41) is 55.3. The van der Waals surface area contributed by atoms with E-state index in [1.165, 1.54) is 6.92 Å². The number of nitrogens with one attached hydrogen (secondary N) is 6. The molecule has 0 aromatic heterocycles. The molecule has 9 N–H and O–H groups in total. The van der Waals surface area contributed by atoms with E-state index in [9.17, 15) is 34.8 Å². The maximum absolute atomic E-state index is 12.2. The van der Waals surface area contributed by atoms with Gasteiger partial charge in [-0.15, -0.1) is 0 Å². The van der Waals surface area contributed by atoms with Crippen LogP contribution in [-0.2, 0) is 19.2 Å². The number of unbranched alkanes of at least 4 members (excludes halogenated alkanes) is 6. The predicted molar refractivity (Wildman–Crippen MR) is 221 cm³/mol. The number of carbonyl (C=O) groups is 4. The molecule has 1 rings (SSSR count). The average Bonchev–Trinajstić information content (AvgIpc) is 3.16. The average molecular weight is 810 g/mol. The number of rotatable bonds is 28. The van der Waals surface area contributed by atoms with Crippen molar-refractivity contribution in [3.05, 3.63) is 24.3 Å². The molecule has 1 aromatic rings. The van der Waals surface area contributed by atoms with Gasteiger partial charge in [0.25, 0.3) is 0 Å². The summed E-state index contributed by atoms with van der Waals surface area (Å²) in [6.07, 6.45) is 7.12. The van der Waals surface area contributed by atoms with Crippen LogP contribution in [0.4, 0.5) is 11.4 Å². The third-order valence-corrected chi connectivity index (χ3v) is 9.41. The minimum absolute atomic E-state index is 0.0238. The molecule has 0 fully saturated rings. The standard InChI is InChI=1S/C37H63N9O7S2/c1-4-28(2)36(54)42-30-14-16-31(17-15-30)43-37(55)41-24-10-7-12-26-45(52)32(38)18-19-33(48)39-22-9-6-13-27-46(53)35(50)21-20-34(49)40-23-8-5-11-25-44(51)29(3)47/h14-17,28,38,51-53H,4-13,18-27H2,1-3H3,(H,39,48)(H,40,49)(H,42,54)(H2,41,43,55). The lowest BCUT2D eigenvalue weighted by Gasteiger charge is -2.17. The van der Waals surface area contributed by atoms with Gasteiger partial charge < -0.3 is 26.6 Å². The van der Waals surface area contributed by atoms with Crippen molar-refractivity contribution in [2.24, 2.45) is 5.92 Å². The van der Waals surface area contributed by atoms with Crippen molar-refractivity contribution in [1.29, 1.82) is 5.41 Å². The Morgan fingerprint density at radius 2 is 1.11 bits per heavy atom. The zero-order valence-electron chi connectivity index (χ0n) is 32.7. The summed E-state index contributed by atoms with van der Waals surface area (Å²) in [5.74, 6) is -1.19. The topological polar surface area (TPSA) is 223 Å². The Morgan fingerprint density at radius 3 is 1.62 bits per heavy atom. The van der Waals surface area contributed by atoms with E-state index in [4.69, 9.17) is 29.8 Å². The molecule has 0 radical (unpaired) electrons. The molecule has 1 atom stereocenters. The fraction of sp³-hybridized carbons (Fsp3) is 0.649. The predicted octanol–water partition coefficient (Wildman–Crippen LogP) is 5.19. The van der Waals surface area contributed by atoms with Gasteiger partial charge in [0.2, 0.25) is 23.6 Å². The smallest absolute Gasteiger partial charge is 0.246 e. The molecule has 4 amide bonds. The largest absolute Gasteiger partial charge is 0.362 e. The van der Waals surface area contributed by atoms with Crippen molar-refractivity contribution >= 4 is 75.4 Å². The highest BCUT2D eigenvalue weighted by Gasteiger charge is 2.14. The summed E-state index contributed by atoms with van der Waals surface area (Å²) in [7, 11) is 0. The Kier molecular flexibility index (Phi) is 26.2. The molecule has 55 heavy (non-hydrogen) atoms. The van der Waals surface area contributed by atoms with Gasteiger partial charge in [-0.1, -0.05) is 26.1 Å². The first kappa shape index (κ1) is 49.0. The molecule has 1 aromatic carbocycles. The third kappa shape index (κ3) is 24.2. The van der Waals surface area contributed by atoms with Crippen LogP contribution in [-0.4, -0.2) is 110 Å². The van der Waals surface area contributed by atoms with Gasteiger partial charge in [-0.05, 0) is 101 Å². The highest BCUT2D eigenvalue weighted by molar-refractivity contribution is 7.80. The number of benzene rings is 1. The van der Waals surface area contributed by atoms with Crippen molar-refractivity contribution < 1.29 is 34.8 Å². The highest BCUT2D eigenvalue weighted by Crippen LogP contribution is 2.16. The molecule has 0 aliphatic heterocycles. The molecule has 0 aliphatic rings. The Morgan fingerprint density at radius 1 is 0.655 bits per heavy atom. The molecule has 0 aliphatic carbocycles. The van der Waals surface area contributed by atoms with Crippen molar-refractivity contribution in [3.63, 3.8) is 0 Å². The molecule has 0 bridgehead atoms. The summed E-state index contributed by atoms with van der Waals surface area (Å²) < 4.78 is 0. The number of amidine groups is 1. The van der Waals surface area contributed by atoms with E-state index in [-0.39, 0.29) is 63.0 Å². The van der Waals surface area contributed by atoms with Gasteiger partial charge in [-0.3, -0.25) is 40.2 Å². The molecule has 0 heterocycles. The van der Waals surface area contributed by atoms with Crippen LogP contribution in [0.5, 0.6) is 0 Å². The lowest BCUT2D eigenvalue weighted by Crippen LogP contribution is -2.31. The van der Waals surface area contributed by atoms with E-state index in [0.717, 1.165) is 40.7 Å². The van der Waals surface area contributed by atoms with Crippen molar-refractivity contribution in [2.75, 3.05) is 49.9 Å². The van der Waals surface area contributed by atoms with E-state index in [1.54, 1.807) is 0 Å². The number of anilines is 2. The number of hydroxylamine groups is 6. The van der Waals surface area contributed by atoms with Crippen LogP contribution < -0.4 is 26.6 Å². The van der Waals surface area contributed by atoms with E-state index >= 15 is 0 Å². The SMILES string of the molecule is CCC(C)C(=S)Nc1ccc(NC(=S)NCCCCCN(O)C(=N)CCC(=O)NCCCCCN(O)C(=O)CCC(=O)NCCCCCN(O)C(C)=O)cc1. The van der Waals surface area contributed by atoms with Gasteiger partial charge in [0.1, 0.15) is 5.84 Å². The van der Waals surface area contributed by atoms with Crippen LogP contribution in [0.2, 0.25) is 0 Å². The van der Waals surface area contributed by atoms with Crippen LogP contribution in [0.15, 0.2) is 24.3 Å². The van der Waals surface area contributed by atoms with Crippen LogP contribution >= 0.6 is 24.4 Å². The van der Waals surface area contributed by atoms with Crippen molar-refractivity contribution in [2.45, 2.75) is 111 Å². The monoisotopic (exact) mass is 809 g/mol. The molecule has 0 saturated heterocycles. The Bertz CT molecular complexity index is 1350. The first-order valence-electron chi connectivity index (χ1n) is 19.2. The highest BCUT2D eigenvalue weighted by atomic mass is 32.1. The Balaban J connectivity index is 2.04. The molecule has 18 heteroatoms. The van der Waals surface area contributed by atoms with Crippen LogP contribution in [0.3, 0.4) is 0 Å². The second-order valence-electron chi connectivity index (χ2n) is 13.4. The third-order valence-electron chi connectivity index (χ3n) is 8.66. The summed E-state index contributed by atoms with van der Waals surface area (Å²) in [6, 6.07) is 7.76. The fourth-order valence-electron chi connectivity index (χ4n) is 4.92. The normalized spacial score (nSPS) is 11.2. The minimum Gasteiger partial charge on any atom is -0.362 e. The van der Waals surface area contributed by atoms with Crippen LogP contribution in [0, 0.1) is 11.3 Å². The Labute approximate surface area is 336 Å². The molecule has 1 unspecified atom stereocenters. The number of nitrogens with zero attached hydrogens (tertiary/aromatic N) is 3. The van der Waals surface area contributed by atoms with E-state index in [1.807, 2.05) is 24.3 Å². The minimum atomic E-state index is -0.545. The first-order chi connectivity index (χ1) is 26.2. The maximum atomic E-state index is 12.2. The second kappa shape index (κ2) is 29.3. The van der Waals surface area contributed by atoms with Gasteiger partial charge in [-0.2, -0.15) is 0 Å². The zero-order valence-corrected chi connectivity index (χ0v) is 34.3. The Hall–Kier alpha value is -3.97. The molecule has 16 nitrogen and oxygen atoms in total. The lowest BCUT2D eigenvalue weighted by atomic mass is 10.1. The van der Waals surface area contributed by atoms with Gasteiger partial charge >= 0.3 is 0 Å².